The van der Waals surface area contributed by atoms with Gasteiger partial charge in [-0.3, -0.25) is 0 Å². The first-order valence-corrected chi connectivity index (χ1v) is 7.43. The molecule has 0 saturated carbocycles. The van der Waals surface area contributed by atoms with Gasteiger partial charge in [0.05, 0.1) is 0 Å². The molecule has 0 atom stereocenters. The van der Waals surface area contributed by atoms with E-state index in [9.17, 15) is 0 Å². The maximum atomic E-state index is 6.13. The molecule has 0 amide bonds. The Morgan fingerprint density at radius 1 is 1.05 bits per heavy atom. The van der Waals surface area contributed by atoms with Crippen molar-refractivity contribution < 1.29 is 4.74 Å². The van der Waals surface area contributed by atoms with Gasteiger partial charge in [0.25, 0.3) is 0 Å². The molecule has 0 aliphatic carbocycles. The van der Waals surface area contributed by atoms with Gasteiger partial charge < -0.3 is 10.1 Å². The van der Waals surface area contributed by atoms with Crippen LogP contribution in [0.15, 0.2) is 42.5 Å². The topological polar surface area (TPSA) is 21.3 Å². The maximum Gasteiger partial charge on any atom is 0.131 e. The van der Waals surface area contributed by atoms with Crippen molar-refractivity contribution >= 4 is 0 Å². The lowest BCUT2D eigenvalue weighted by Crippen LogP contribution is -2.12. The molecular weight excluding hydrogens is 258 g/mol. The van der Waals surface area contributed by atoms with Crippen molar-refractivity contribution in [2.75, 3.05) is 7.05 Å². The first-order valence-electron chi connectivity index (χ1n) is 7.43. The van der Waals surface area contributed by atoms with E-state index < -0.39 is 0 Å². The highest BCUT2D eigenvalue weighted by molar-refractivity contribution is 5.43. The summed E-state index contributed by atoms with van der Waals surface area (Å²) in [5.74, 6) is 1.83. The average Bonchev–Trinajstić information content (AvgIpc) is 2.41. The minimum Gasteiger partial charge on any atom is -0.457 e. The van der Waals surface area contributed by atoms with Gasteiger partial charge in [-0.25, -0.2) is 0 Å². The van der Waals surface area contributed by atoms with Crippen molar-refractivity contribution in [2.24, 2.45) is 0 Å². The summed E-state index contributed by atoms with van der Waals surface area (Å²) in [5.41, 5.74) is 3.84. The molecule has 2 nitrogen and oxygen atoms in total. The van der Waals surface area contributed by atoms with Gasteiger partial charge in [-0.1, -0.05) is 45.0 Å². The first kappa shape index (κ1) is 15.6. The standard InChI is InChI=1S/C19H25NO/c1-14-12-16(11-10-15(14)13-20-5)21-18-9-7-6-8-17(18)19(2,3)4/h6-12,20H,13H2,1-5H3. The van der Waals surface area contributed by atoms with Crippen molar-refractivity contribution in [1.82, 2.24) is 5.32 Å². The minimum absolute atomic E-state index is 0.0672. The van der Waals surface area contributed by atoms with Crippen LogP contribution in [0, 0.1) is 6.92 Å². The van der Waals surface area contributed by atoms with E-state index in [-0.39, 0.29) is 5.41 Å². The SMILES string of the molecule is CNCc1ccc(Oc2ccccc2C(C)(C)C)cc1C. The Kier molecular flexibility index (Phi) is 4.69. The maximum absolute atomic E-state index is 6.13. The van der Waals surface area contributed by atoms with Crippen LogP contribution >= 0.6 is 0 Å². The molecule has 2 heteroatoms. The molecule has 0 spiro atoms. The van der Waals surface area contributed by atoms with Crippen molar-refractivity contribution in [2.45, 2.75) is 39.7 Å². The molecule has 0 heterocycles. The lowest BCUT2D eigenvalue weighted by atomic mass is 9.86. The zero-order valence-electron chi connectivity index (χ0n) is 13.7. The fourth-order valence-electron chi connectivity index (χ4n) is 2.42. The second-order valence-corrected chi connectivity index (χ2v) is 6.47. The molecule has 0 unspecified atom stereocenters. The molecule has 0 bridgehead atoms. The molecule has 0 fully saturated rings. The van der Waals surface area contributed by atoms with E-state index in [2.05, 4.69) is 57.3 Å². The van der Waals surface area contributed by atoms with Crippen LogP contribution in [0.25, 0.3) is 0 Å². The van der Waals surface area contributed by atoms with Crippen LogP contribution in [0.4, 0.5) is 0 Å². The summed E-state index contributed by atoms with van der Waals surface area (Å²) < 4.78 is 6.13. The fraction of sp³-hybridized carbons (Fsp3) is 0.368. The Hall–Kier alpha value is -1.80. The predicted octanol–water partition coefficient (Wildman–Crippen LogP) is 4.80. The number of aryl methyl sites for hydroxylation is 1. The van der Waals surface area contributed by atoms with Crippen molar-refractivity contribution in [3.63, 3.8) is 0 Å². The van der Waals surface area contributed by atoms with Crippen LogP contribution in [-0.4, -0.2) is 7.05 Å². The first-order chi connectivity index (χ1) is 9.91. The molecule has 2 rings (SSSR count). The molecule has 0 aliphatic heterocycles. The van der Waals surface area contributed by atoms with Crippen LogP contribution in [0.2, 0.25) is 0 Å². The summed E-state index contributed by atoms with van der Waals surface area (Å²) in [5, 5.41) is 3.18. The third kappa shape index (κ3) is 3.85. The molecule has 0 radical (unpaired) electrons. The number of rotatable bonds is 4. The third-order valence-corrected chi connectivity index (χ3v) is 3.60. The molecule has 112 valence electrons. The third-order valence-electron chi connectivity index (χ3n) is 3.60. The van der Waals surface area contributed by atoms with Gasteiger partial charge >= 0.3 is 0 Å². The van der Waals surface area contributed by atoms with Crippen LogP contribution in [0.1, 0.15) is 37.5 Å². The van der Waals surface area contributed by atoms with E-state index in [0.29, 0.717) is 0 Å². The zero-order valence-corrected chi connectivity index (χ0v) is 13.7. The minimum atomic E-state index is 0.0672. The Bertz CT molecular complexity index is 611. The Morgan fingerprint density at radius 3 is 2.38 bits per heavy atom. The number of hydrogen-bond donors (Lipinski definition) is 1. The lowest BCUT2D eigenvalue weighted by molar-refractivity contribution is 0.455. The fourth-order valence-corrected chi connectivity index (χ4v) is 2.42. The second-order valence-electron chi connectivity index (χ2n) is 6.47. The summed E-state index contributed by atoms with van der Waals surface area (Å²) in [4.78, 5) is 0. The average molecular weight is 283 g/mol. The monoisotopic (exact) mass is 283 g/mol. The number of ether oxygens (including phenoxy) is 1. The second kappa shape index (κ2) is 6.31. The highest BCUT2D eigenvalue weighted by Gasteiger charge is 2.18. The van der Waals surface area contributed by atoms with Crippen LogP contribution in [-0.2, 0) is 12.0 Å². The van der Waals surface area contributed by atoms with Crippen LogP contribution in [0.5, 0.6) is 11.5 Å². The van der Waals surface area contributed by atoms with Crippen LogP contribution in [0.3, 0.4) is 0 Å². The number of nitrogens with one attached hydrogen (secondary N) is 1. The van der Waals surface area contributed by atoms with Gasteiger partial charge in [0, 0.05) is 12.1 Å². The van der Waals surface area contributed by atoms with Crippen molar-refractivity contribution in [1.29, 1.82) is 0 Å². The smallest absolute Gasteiger partial charge is 0.131 e. The highest BCUT2D eigenvalue weighted by atomic mass is 16.5. The van der Waals surface area contributed by atoms with E-state index in [1.165, 1.54) is 16.7 Å². The molecule has 0 aromatic heterocycles. The van der Waals surface area contributed by atoms with Crippen molar-refractivity contribution in [3.05, 3.63) is 59.2 Å². The zero-order chi connectivity index (χ0) is 15.5. The van der Waals surface area contributed by atoms with Crippen molar-refractivity contribution in [3.8, 4) is 11.5 Å². The van der Waals surface area contributed by atoms with Gasteiger partial charge in [0.15, 0.2) is 0 Å². The number of benzene rings is 2. The number of para-hydroxylation sites is 1. The summed E-state index contributed by atoms with van der Waals surface area (Å²) in [6.07, 6.45) is 0. The van der Waals surface area contributed by atoms with E-state index in [1.807, 2.05) is 25.2 Å². The van der Waals surface area contributed by atoms with E-state index in [1.54, 1.807) is 0 Å². The quantitative estimate of drug-likeness (QED) is 0.870. The largest absolute Gasteiger partial charge is 0.457 e. The summed E-state index contributed by atoms with van der Waals surface area (Å²) in [6.45, 7) is 9.61. The lowest BCUT2D eigenvalue weighted by Gasteiger charge is -2.22. The van der Waals surface area contributed by atoms with E-state index in [4.69, 9.17) is 4.74 Å². The molecule has 0 aliphatic rings. The van der Waals surface area contributed by atoms with Gasteiger partial charge in [0.1, 0.15) is 11.5 Å². The molecule has 1 N–H and O–H groups in total. The summed E-state index contributed by atoms with van der Waals surface area (Å²) in [7, 11) is 1.96. The van der Waals surface area contributed by atoms with E-state index >= 15 is 0 Å². The van der Waals surface area contributed by atoms with E-state index in [0.717, 1.165) is 18.0 Å². The molecule has 0 saturated heterocycles. The Labute approximate surface area is 128 Å². The highest BCUT2D eigenvalue weighted by Crippen LogP contribution is 2.34. The van der Waals surface area contributed by atoms with Gasteiger partial charge in [-0.05, 0) is 48.7 Å². The van der Waals surface area contributed by atoms with Crippen LogP contribution < -0.4 is 10.1 Å². The van der Waals surface area contributed by atoms with Gasteiger partial charge in [-0.2, -0.15) is 0 Å². The van der Waals surface area contributed by atoms with Gasteiger partial charge in [-0.15, -0.1) is 0 Å². The molecule has 2 aromatic carbocycles. The number of hydrogen-bond acceptors (Lipinski definition) is 2. The Morgan fingerprint density at radius 2 is 1.76 bits per heavy atom. The Balaban J connectivity index is 2.29. The molecular formula is C19H25NO. The molecule has 21 heavy (non-hydrogen) atoms. The summed E-state index contributed by atoms with van der Waals surface area (Å²) in [6, 6.07) is 14.5. The predicted molar refractivity (Wildman–Crippen MR) is 89.2 cm³/mol. The molecule has 2 aromatic rings. The summed E-state index contributed by atoms with van der Waals surface area (Å²) >= 11 is 0. The van der Waals surface area contributed by atoms with Gasteiger partial charge in [0.2, 0.25) is 0 Å². The normalized spacial score (nSPS) is 11.5.